The molecule has 2 heterocycles. The highest BCUT2D eigenvalue weighted by molar-refractivity contribution is 5.76. The Hall–Kier alpha value is -2.12. The second kappa shape index (κ2) is 5.89. The molecule has 2 atom stereocenters. The number of piperidine rings is 1. The summed E-state index contributed by atoms with van der Waals surface area (Å²) in [7, 11) is 1.70. The first-order chi connectivity index (χ1) is 9.47. The zero-order valence-corrected chi connectivity index (χ0v) is 11.6. The summed E-state index contributed by atoms with van der Waals surface area (Å²) in [6.45, 7) is 3.03. The zero-order valence-electron chi connectivity index (χ0n) is 11.6. The fraction of sp³-hybridized carbons (Fsp3) is 0.667. The number of amides is 2. The number of hydrogen-bond acceptors (Lipinski definition) is 4. The highest BCUT2D eigenvalue weighted by Gasteiger charge is 2.33. The van der Waals surface area contributed by atoms with Crippen LogP contribution in [0.3, 0.4) is 0 Å². The lowest BCUT2D eigenvalue weighted by Crippen LogP contribution is -2.49. The molecule has 8 heteroatoms. The molecule has 0 spiro atoms. The number of carbonyl (C=O) groups is 2. The fourth-order valence-corrected chi connectivity index (χ4v) is 2.32. The van der Waals surface area contributed by atoms with Crippen LogP contribution < -0.4 is 5.32 Å². The third-order valence-corrected chi connectivity index (χ3v) is 3.63. The maximum absolute atomic E-state index is 12.0. The van der Waals surface area contributed by atoms with Crippen molar-refractivity contribution in [2.24, 2.45) is 18.9 Å². The van der Waals surface area contributed by atoms with Gasteiger partial charge in [0.05, 0.1) is 18.7 Å². The van der Waals surface area contributed by atoms with Crippen molar-refractivity contribution < 1.29 is 14.7 Å². The average Bonchev–Trinajstić information content (AvgIpc) is 2.82. The molecule has 2 rings (SSSR count). The summed E-state index contributed by atoms with van der Waals surface area (Å²) in [5.41, 5.74) is 0.668. The van der Waals surface area contributed by atoms with Gasteiger partial charge in [-0.25, -0.2) is 4.79 Å². The molecule has 2 amide bonds. The molecular formula is C12H19N5O3. The number of likely N-dealkylation sites (tertiary alicyclic amines) is 1. The van der Waals surface area contributed by atoms with Gasteiger partial charge < -0.3 is 15.3 Å². The molecule has 0 saturated carbocycles. The second-order valence-electron chi connectivity index (χ2n) is 5.14. The summed E-state index contributed by atoms with van der Waals surface area (Å²) in [6.07, 6.45) is 2.29. The zero-order chi connectivity index (χ0) is 14.7. The van der Waals surface area contributed by atoms with Crippen molar-refractivity contribution in [3.63, 3.8) is 0 Å². The first-order valence-corrected chi connectivity index (χ1v) is 6.58. The van der Waals surface area contributed by atoms with E-state index in [1.807, 2.05) is 6.92 Å². The minimum atomic E-state index is -0.844. The van der Waals surface area contributed by atoms with Crippen molar-refractivity contribution in [3.05, 3.63) is 11.9 Å². The van der Waals surface area contributed by atoms with Crippen molar-refractivity contribution in [1.29, 1.82) is 0 Å². The number of aromatic nitrogens is 3. The molecule has 1 saturated heterocycles. The Morgan fingerprint density at radius 2 is 2.30 bits per heavy atom. The molecule has 8 nitrogen and oxygen atoms in total. The number of nitrogens with one attached hydrogen (secondary N) is 1. The van der Waals surface area contributed by atoms with Crippen molar-refractivity contribution in [2.45, 2.75) is 19.9 Å². The van der Waals surface area contributed by atoms with E-state index in [1.54, 1.807) is 18.1 Å². The SMILES string of the molecule is CC1CCN(C(=O)NCc2cnn(C)n2)CC1C(=O)O. The van der Waals surface area contributed by atoms with Gasteiger partial charge in [-0.2, -0.15) is 15.0 Å². The average molecular weight is 281 g/mol. The molecule has 0 bridgehead atoms. The Kier molecular flexibility index (Phi) is 4.21. The van der Waals surface area contributed by atoms with Gasteiger partial charge in [-0.1, -0.05) is 6.92 Å². The summed E-state index contributed by atoms with van der Waals surface area (Å²) < 4.78 is 0. The van der Waals surface area contributed by atoms with E-state index in [0.29, 0.717) is 18.7 Å². The Balaban J connectivity index is 1.87. The standard InChI is InChI=1S/C12H19N5O3/c1-8-3-4-17(7-10(8)11(18)19)12(20)13-5-9-6-14-16(2)15-9/h6,8,10H,3-5,7H2,1-2H3,(H,13,20)(H,18,19). The second-order valence-corrected chi connectivity index (χ2v) is 5.14. The lowest BCUT2D eigenvalue weighted by atomic mass is 9.87. The molecule has 110 valence electrons. The predicted octanol–water partition coefficient (Wildman–Crippen LogP) is 0.0673. The third-order valence-electron chi connectivity index (χ3n) is 3.63. The van der Waals surface area contributed by atoms with Gasteiger partial charge in [0.15, 0.2) is 0 Å². The van der Waals surface area contributed by atoms with Crippen LogP contribution in [0.4, 0.5) is 4.79 Å². The minimum absolute atomic E-state index is 0.0940. The molecule has 1 aliphatic heterocycles. The van der Waals surface area contributed by atoms with Gasteiger partial charge in [-0.3, -0.25) is 4.79 Å². The number of aliphatic carboxylic acids is 1. The lowest BCUT2D eigenvalue weighted by Gasteiger charge is -2.34. The topological polar surface area (TPSA) is 100 Å². The number of hydrogen-bond donors (Lipinski definition) is 2. The van der Waals surface area contributed by atoms with E-state index < -0.39 is 11.9 Å². The number of urea groups is 1. The third kappa shape index (κ3) is 3.25. The Morgan fingerprint density at radius 3 is 2.90 bits per heavy atom. The normalized spacial score (nSPS) is 22.6. The van der Waals surface area contributed by atoms with E-state index in [9.17, 15) is 9.59 Å². The van der Waals surface area contributed by atoms with Crippen LogP contribution in [0.15, 0.2) is 6.20 Å². The van der Waals surface area contributed by atoms with Crippen molar-refractivity contribution in [3.8, 4) is 0 Å². The molecule has 1 aromatic rings. The van der Waals surface area contributed by atoms with Crippen LogP contribution >= 0.6 is 0 Å². The number of carboxylic acids is 1. The van der Waals surface area contributed by atoms with Crippen LogP contribution in [-0.4, -0.2) is 50.1 Å². The van der Waals surface area contributed by atoms with Crippen LogP contribution in [0.2, 0.25) is 0 Å². The predicted molar refractivity (Wildman–Crippen MR) is 69.7 cm³/mol. The molecule has 1 aliphatic rings. The minimum Gasteiger partial charge on any atom is -0.481 e. The van der Waals surface area contributed by atoms with E-state index in [-0.39, 0.29) is 25.0 Å². The van der Waals surface area contributed by atoms with E-state index in [2.05, 4.69) is 15.5 Å². The smallest absolute Gasteiger partial charge is 0.317 e. The maximum atomic E-state index is 12.0. The van der Waals surface area contributed by atoms with Crippen LogP contribution in [0.1, 0.15) is 19.0 Å². The van der Waals surface area contributed by atoms with Crippen molar-refractivity contribution in [1.82, 2.24) is 25.2 Å². The number of nitrogens with zero attached hydrogens (tertiary/aromatic N) is 4. The van der Waals surface area contributed by atoms with Crippen LogP contribution in [0, 0.1) is 11.8 Å². The quantitative estimate of drug-likeness (QED) is 0.816. The Bertz CT molecular complexity index is 501. The fourth-order valence-electron chi connectivity index (χ4n) is 2.32. The Labute approximate surface area is 116 Å². The van der Waals surface area contributed by atoms with Gasteiger partial charge in [0.1, 0.15) is 5.69 Å². The molecule has 2 unspecified atom stereocenters. The Morgan fingerprint density at radius 1 is 1.55 bits per heavy atom. The van der Waals surface area contributed by atoms with Crippen molar-refractivity contribution >= 4 is 12.0 Å². The monoisotopic (exact) mass is 281 g/mol. The van der Waals surface area contributed by atoms with Crippen LogP contribution in [0.25, 0.3) is 0 Å². The highest BCUT2D eigenvalue weighted by Crippen LogP contribution is 2.23. The molecule has 0 radical (unpaired) electrons. The molecule has 2 N–H and O–H groups in total. The van der Waals surface area contributed by atoms with Gasteiger partial charge >= 0.3 is 12.0 Å². The summed E-state index contributed by atoms with van der Waals surface area (Å²) in [5, 5.41) is 19.9. The van der Waals surface area contributed by atoms with Gasteiger partial charge in [-0.05, 0) is 12.3 Å². The van der Waals surface area contributed by atoms with Crippen molar-refractivity contribution in [2.75, 3.05) is 13.1 Å². The number of carboxylic acid groups (broad SMARTS) is 1. The lowest BCUT2D eigenvalue weighted by molar-refractivity contribution is -0.145. The summed E-state index contributed by atoms with van der Waals surface area (Å²) in [4.78, 5) is 26.1. The van der Waals surface area contributed by atoms with Gasteiger partial charge in [-0.15, -0.1) is 0 Å². The largest absolute Gasteiger partial charge is 0.481 e. The molecule has 0 aliphatic carbocycles. The maximum Gasteiger partial charge on any atom is 0.317 e. The van der Waals surface area contributed by atoms with Crippen LogP contribution in [-0.2, 0) is 18.4 Å². The number of rotatable bonds is 3. The van der Waals surface area contributed by atoms with E-state index in [0.717, 1.165) is 0 Å². The molecule has 0 aromatic carbocycles. The van der Waals surface area contributed by atoms with Gasteiger partial charge in [0, 0.05) is 20.1 Å². The van der Waals surface area contributed by atoms with Gasteiger partial charge in [0.25, 0.3) is 0 Å². The highest BCUT2D eigenvalue weighted by atomic mass is 16.4. The van der Waals surface area contributed by atoms with E-state index in [4.69, 9.17) is 5.11 Å². The molecular weight excluding hydrogens is 262 g/mol. The number of carbonyl (C=O) groups excluding carboxylic acids is 1. The molecule has 1 aromatic heterocycles. The summed E-state index contributed by atoms with van der Waals surface area (Å²) in [5.74, 6) is -1.24. The molecule has 1 fully saturated rings. The first kappa shape index (κ1) is 14.3. The molecule has 20 heavy (non-hydrogen) atoms. The van der Waals surface area contributed by atoms with Gasteiger partial charge in [0.2, 0.25) is 0 Å². The summed E-state index contributed by atoms with van der Waals surface area (Å²) in [6, 6.07) is -0.256. The number of aryl methyl sites for hydroxylation is 1. The summed E-state index contributed by atoms with van der Waals surface area (Å²) >= 11 is 0. The van der Waals surface area contributed by atoms with Crippen LogP contribution in [0.5, 0.6) is 0 Å². The van der Waals surface area contributed by atoms with E-state index >= 15 is 0 Å². The first-order valence-electron chi connectivity index (χ1n) is 6.58. The van der Waals surface area contributed by atoms with E-state index in [1.165, 1.54) is 4.80 Å².